The predicted octanol–water partition coefficient (Wildman–Crippen LogP) is 6.81. The number of ether oxygens (including phenoxy) is 2. The topological polar surface area (TPSA) is 78.3 Å². The van der Waals surface area contributed by atoms with Gasteiger partial charge in [0.2, 0.25) is 11.0 Å². The number of aromatic nitrogens is 3. The summed E-state index contributed by atoms with van der Waals surface area (Å²) in [6.07, 6.45) is 0. The Labute approximate surface area is 232 Å². The van der Waals surface area contributed by atoms with Crippen LogP contribution in [-0.4, -0.2) is 33.5 Å². The van der Waals surface area contributed by atoms with Crippen molar-refractivity contribution < 1.29 is 14.3 Å². The summed E-state index contributed by atoms with van der Waals surface area (Å²) < 4.78 is 14.1. The number of hydrogen-bond donors (Lipinski definition) is 1. The Balaban J connectivity index is 1.31. The molecule has 3 heterocycles. The maximum Gasteiger partial charge on any atom is 0.235 e. The Morgan fingerprint density at radius 3 is 2.61 bits per heavy atom. The third-order valence-electron chi connectivity index (χ3n) is 6.27. The molecule has 0 saturated carbocycles. The number of hydrogen-bond acceptors (Lipinski definition) is 7. The Morgan fingerprint density at radius 1 is 1.08 bits per heavy atom. The van der Waals surface area contributed by atoms with E-state index in [1.807, 2.05) is 61.5 Å². The highest BCUT2D eigenvalue weighted by atomic mass is 35.5. The minimum atomic E-state index is -0.0718. The molecule has 1 N–H and O–H groups in total. The predicted molar refractivity (Wildman–Crippen MR) is 153 cm³/mol. The molecule has 0 saturated heterocycles. The van der Waals surface area contributed by atoms with Crippen LogP contribution in [-0.2, 0) is 11.4 Å². The molecule has 2 aromatic heterocycles. The zero-order chi connectivity index (χ0) is 26.2. The van der Waals surface area contributed by atoms with Crippen molar-refractivity contribution in [1.82, 2.24) is 14.8 Å². The summed E-state index contributed by atoms with van der Waals surface area (Å²) in [5.41, 5.74) is 4.80. The molecule has 3 aromatic carbocycles. The van der Waals surface area contributed by atoms with Crippen LogP contribution in [0.5, 0.6) is 11.5 Å². The number of carbonyl (C=O) groups excluding carboxylic acids is 1. The van der Waals surface area contributed by atoms with Crippen LogP contribution in [0.2, 0.25) is 5.02 Å². The van der Waals surface area contributed by atoms with Gasteiger partial charge in [-0.05, 0) is 60.5 Å². The number of rotatable bonds is 6. The summed E-state index contributed by atoms with van der Waals surface area (Å²) in [5.74, 6) is 2.48. The zero-order valence-corrected chi connectivity index (χ0v) is 23.0. The first-order valence-corrected chi connectivity index (χ1v) is 14.2. The van der Waals surface area contributed by atoms with Gasteiger partial charge >= 0.3 is 0 Å². The molecule has 1 unspecified atom stereocenters. The monoisotopic (exact) mass is 562 g/mol. The van der Waals surface area contributed by atoms with E-state index in [0.29, 0.717) is 28.3 Å². The minimum Gasteiger partial charge on any atom is -0.497 e. The standard InChI is InChI=1S/C28H23ClN4O3S2/c1-16-25-26(18-5-9-20(10-6-18)36-14-17-3-7-19(29)8-4-17)37-15-24(34)31-27(25)33(32-16)28-30-22-12-11-21(35-2)13-23(22)38-28/h3-13,26H,14-15H2,1-2H3,(H,31,34). The maximum atomic E-state index is 12.7. The molecule has 1 aliphatic heterocycles. The fourth-order valence-electron chi connectivity index (χ4n) is 4.38. The molecule has 1 amide bonds. The first-order valence-electron chi connectivity index (χ1n) is 11.9. The third-order valence-corrected chi connectivity index (χ3v) is 8.79. The molecule has 192 valence electrons. The molecule has 10 heteroatoms. The number of nitrogens with zero attached hydrogens (tertiary/aromatic N) is 3. The van der Waals surface area contributed by atoms with E-state index >= 15 is 0 Å². The van der Waals surface area contributed by atoms with Crippen LogP contribution in [0.15, 0.2) is 66.7 Å². The smallest absolute Gasteiger partial charge is 0.235 e. The number of nitrogens with one attached hydrogen (secondary N) is 1. The third kappa shape index (κ3) is 4.84. The molecule has 0 fully saturated rings. The van der Waals surface area contributed by atoms with Crippen molar-refractivity contribution in [3.63, 3.8) is 0 Å². The van der Waals surface area contributed by atoms with Gasteiger partial charge in [0.15, 0.2) is 0 Å². The van der Waals surface area contributed by atoms with Crippen molar-refractivity contribution >= 4 is 56.6 Å². The molecular formula is C28H23ClN4O3S2. The number of thioether (sulfide) groups is 1. The van der Waals surface area contributed by atoms with Crippen LogP contribution in [0.3, 0.4) is 0 Å². The highest BCUT2D eigenvalue weighted by Crippen LogP contribution is 2.44. The molecule has 38 heavy (non-hydrogen) atoms. The van der Waals surface area contributed by atoms with Gasteiger partial charge in [0.25, 0.3) is 0 Å². The van der Waals surface area contributed by atoms with Gasteiger partial charge in [-0.3, -0.25) is 4.79 Å². The highest BCUT2D eigenvalue weighted by molar-refractivity contribution is 8.00. The van der Waals surface area contributed by atoms with Crippen molar-refractivity contribution in [2.24, 2.45) is 0 Å². The average Bonchev–Trinajstić information content (AvgIpc) is 3.43. The average molecular weight is 563 g/mol. The van der Waals surface area contributed by atoms with Crippen molar-refractivity contribution in [3.8, 4) is 16.6 Å². The first kappa shape index (κ1) is 24.8. The summed E-state index contributed by atoms with van der Waals surface area (Å²) in [6.45, 7) is 2.43. The molecule has 5 aromatic rings. The van der Waals surface area contributed by atoms with Gasteiger partial charge in [-0.1, -0.05) is 47.2 Å². The van der Waals surface area contributed by atoms with Crippen molar-refractivity contribution in [2.75, 3.05) is 18.2 Å². The molecular weight excluding hydrogens is 540 g/mol. The maximum absolute atomic E-state index is 12.7. The van der Waals surface area contributed by atoms with Crippen molar-refractivity contribution in [3.05, 3.63) is 94.1 Å². The lowest BCUT2D eigenvalue weighted by molar-refractivity contribution is -0.113. The molecule has 7 nitrogen and oxygen atoms in total. The summed E-state index contributed by atoms with van der Waals surface area (Å²) in [4.78, 5) is 17.5. The van der Waals surface area contributed by atoms with Gasteiger partial charge in [0.05, 0.1) is 34.0 Å². The van der Waals surface area contributed by atoms with Gasteiger partial charge in [-0.2, -0.15) is 9.78 Å². The van der Waals surface area contributed by atoms with Gasteiger partial charge in [0, 0.05) is 10.6 Å². The van der Waals surface area contributed by atoms with E-state index in [2.05, 4.69) is 17.4 Å². The van der Waals surface area contributed by atoms with Crippen LogP contribution < -0.4 is 14.8 Å². The number of benzene rings is 3. The molecule has 1 atom stereocenters. The van der Waals surface area contributed by atoms with E-state index < -0.39 is 0 Å². The quantitative estimate of drug-likeness (QED) is 0.245. The number of anilines is 1. The Bertz CT molecular complexity index is 1630. The number of methoxy groups -OCH3 is 1. The van der Waals surface area contributed by atoms with Crippen molar-refractivity contribution in [2.45, 2.75) is 18.8 Å². The van der Waals surface area contributed by atoms with E-state index in [-0.39, 0.29) is 11.2 Å². The number of halogens is 1. The molecule has 0 radical (unpaired) electrons. The lowest BCUT2D eigenvalue weighted by atomic mass is 10.0. The lowest BCUT2D eigenvalue weighted by Crippen LogP contribution is -2.15. The van der Waals surface area contributed by atoms with Gasteiger partial charge < -0.3 is 14.8 Å². The summed E-state index contributed by atoms with van der Waals surface area (Å²) >= 11 is 9.06. The number of carbonyl (C=O) groups is 1. The molecule has 0 spiro atoms. The Hall–Kier alpha value is -3.53. The number of aryl methyl sites for hydroxylation is 1. The van der Waals surface area contributed by atoms with E-state index in [0.717, 1.165) is 44.1 Å². The second kappa shape index (κ2) is 10.3. The molecule has 0 aliphatic carbocycles. The zero-order valence-electron chi connectivity index (χ0n) is 20.6. The first-order chi connectivity index (χ1) is 18.5. The normalized spacial score (nSPS) is 15.1. The van der Waals surface area contributed by atoms with Crippen LogP contribution in [0.4, 0.5) is 5.82 Å². The van der Waals surface area contributed by atoms with E-state index in [1.54, 1.807) is 23.6 Å². The SMILES string of the molecule is COc1ccc2nc(-n3nc(C)c4c3NC(=O)CSC4c3ccc(OCc4ccc(Cl)cc4)cc3)sc2c1. The van der Waals surface area contributed by atoms with Crippen LogP contribution in [0.1, 0.15) is 27.6 Å². The van der Waals surface area contributed by atoms with Gasteiger partial charge in [0.1, 0.15) is 23.9 Å². The summed E-state index contributed by atoms with van der Waals surface area (Å²) in [5, 5.41) is 9.21. The Morgan fingerprint density at radius 2 is 1.84 bits per heavy atom. The lowest BCUT2D eigenvalue weighted by Gasteiger charge is -2.16. The second-order valence-corrected chi connectivity index (χ2v) is 11.4. The van der Waals surface area contributed by atoms with E-state index in [4.69, 9.17) is 31.2 Å². The van der Waals surface area contributed by atoms with E-state index in [1.165, 1.54) is 11.3 Å². The number of thiazole rings is 1. The Kier molecular flexibility index (Phi) is 6.73. The van der Waals surface area contributed by atoms with E-state index in [9.17, 15) is 4.79 Å². The second-order valence-electron chi connectivity index (χ2n) is 8.81. The highest BCUT2D eigenvalue weighted by Gasteiger charge is 2.31. The molecule has 1 aliphatic rings. The van der Waals surface area contributed by atoms with Gasteiger partial charge in [-0.15, -0.1) is 11.8 Å². The van der Waals surface area contributed by atoms with Crippen LogP contribution in [0.25, 0.3) is 15.3 Å². The number of fused-ring (bicyclic) bond motifs is 2. The fourth-order valence-corrected chi connectivity index (χ4v) is 6.65. The largest absolute Gasteiger partial charge is 0.497 e. The summed E-state index contributed by atoms with van der Waals surface area (Å²) in [7, 11) is 1.64. The number of amides is 1. The molecule has 0 bridgehead atoms. The van der Waals surface area contributed by atoms with Crippen molar-refractivity contribution in [1.29, 1.82) is 0 Å². The minimum absolute atomic E-state index is 0.0643. The molecule has 6 rings (SSSR count). The fraction of sp³-hybridized carbons (Fsp3) is 0.179. The van der Waals surface area contributed by atoms with Crippen LogP contribution >= 0.6 is 34.7 Å². The van der Waals surface area contributed by atoms with Gasteiger partial charge in [-0.25, -0.2) is 4.98 Å². The summed E-state index contributed by atoms with van der Waals surface area (Å²) in [6, 6.07) is 21.4. The van der Waals surface area contributed by atoms with Crippen LogP contribution in [0, 0.1) is 6.92 Å².